The van der Waals surface area contributed by atoms with E-state index < -0.39 is 0 Å². The zero-order valence-corrected chi connectivity index (χ0v) is 15.1. The van der Waals surface area contributed by atoms with Gasteiger partial charge in [-0.15, -0.1) is 0 Å². The number of hydrogen-bond donors (Lipinski definition) is 0. The van der Waals surface area contributed by atoms with Crippen molar-refractivity contribution in [2.24, 2.45) is 0 Å². The summed E-state index contributed by atoms with van der Waals surface area (Å²) in [6.07, 6.45) is 9.09. The molecule has 138 valence electrons. The van der Waals surface area contributed by atoms with E-state index in [1.54, 1.807) is 24.8 Å². The molecule has 0 spiro atoms. The first-order valence-corrected chi connectivity index (χ1v) is 9.29. The Morgan fingerprint density at radius 2 is 2.08 bits per heavy atom. The second-order valence-electron chi connectivity index (χ2n) is 7.06. The summed E-state index contributed by atoms with van der Waals surface area (Å²) in [7, 11) is 0. The third-order valence-corrected chi connectivity index (χ3v) is 5.39. The number of imidazole rings is 1. The highest BCUT2D eigenvalue weighted by molar-refractivity contribution is 5.94. The highest BCUT2D eigenvalue weighted by Gasteiger charge is 2.32. The molecule has 0 aromatic carbocycles. The second kappa shape index (κ2) is 7.55. The van der Waals surface area contributed by atoms with Gasteiger partial charge in [0.05, 0.1) is 0 Å². The van der Waals surface area contributed by atoms with E-state index in [4.69, 9.17) is 4.74 Å². The molecule has 26 heavy (non-hydrogen) atoms. The first kappa shape index (κ1) is 17.2. The largest absolute Gasteiger partial charge is 0.381 e. The van der Waals surface area contributed by atoms with Crippen LogP contribution in [0.5, 0.6) is 0 Å². The molecule has 0 N–H and O–H groups in total. The van der Waals surface area contributed by atoms with Crippen LogP contribution in [0.2, 0.25) is 0 Å². The standard InChI is InChI=1S/C19H25N5O2/c1-15-13-22(17-3-10-26-11-4-17)8-9-24(15)19(25)16-2-5-21-18(12-16)23-7-6-20-14-23/h2,5-7,12,14-15,17H,3-4,8-11,13H2,1H3/t15-/m1/s1. The van der Waals surface area contributed by atoms with Gasteiger partial charge in [0.2, 0.25) is 0 Å². The maximum Gasteiger partial charge on any atom is 0.254 e. The Morgan fingerprint density at radius 3 is 2.81 bits per heavy atom. The van der Waals surface area contributed by atoms with E-state index in [2.05, 4.69) is 21.8 Å². The minimum Gasteiger partial charge on any atom is -0.381 e. The SMILES string of the molecule is C[C@@H]1CN(C2CCOCC2)CCN1C(=O)c1ccnc(-n2ccnc2)c1. The molecule has 0 bridgehead atoms. The molecule has 2 fully saturated rings. The van der Waals surface area contributed by atoms with Gasteiger partial charge in [-0.05, 0) is 31.9 Å². The van der Waals surface area contributed by atoms with Crippen LogP contribution in [-0.4, -0.2) is 75.2 Å². The topological polar surface area (TPSA) is 63.5 Å². The van der Waals surface area contributed by atoms with E-state index in [1.165, 1.54) is 0 Å². The fourth-order valence-electron chi connectivity index (χ4n) is 3.92. The van der Waals surface area contributed by atoms with Crippen molar-refractivity contribution in [2.45, 2.75) is 31.8 Å². The van der Waals surface area contributed by atoms with E-state index in [-0.39, 0.29) is 11.9 Å². The van der Waals surface area contributed by atoms with Crippen LogP contribution in [0.25, 0.3) is 5.82 Å². The Kier molecular flexibility index (Phi) is 4.99. The van der Waals surface area contributed by atoms with Crippen LogP contribution in [0.15, 0.2) is 37.1 Å². The smallest absolute Gasteiger partial charge is 0.254 e. The number of hydrogen-bond acceptors (Lipinski definition) is 5. The van der Waals surface area contributed by atoms with E-state index in [1.807, 2.05) is 21.7 Å². The van der Waals surface area contributed by atoms with Gasteiger partial charge in [0.1, 0.15) is 12.1 Å². The average Bonchev–Trinajstić information content (AvgIpc) is 3.23. The molecule has 4 heterocycles. The number of carbonyl (C=O) groups excluding carboxylic acids is 1. The maximum absolute atomic E-state index is 13.0. The Bertz CT molecular complexity index is 742. The van der Waals surface area contributed by atoms with Gasteiger partial charge in [0, 0.05) is 69.1 Å². The van der Waals surface area contributed by atoms with Crippen molar-refractivity contribution in [1.82, 2.24) is 24.3 Å². The van der Waals surface area contributed by atoms with E-state index >= 15 is 0 Å². The molecule has 0 unspecified atom stereocenters. The van der Waals surface area contributed by atoms with Gasteiger partial charge in [-0.2, -0.15) is 0 Å². The highest BCUT2D eigenvalue weighted by Crippen LogP contribution is 2.21. The van der Waals surface area contributed by atoms with Gasteiger partial charge < -0.3 is 9.64 Å². The summed E-state index contributed by atoms with van der Waals surface area (Å²) in [6, 6.07) is 4.42. The summed E-state index contributed by atoms with van der Waals surface area (Å²) in [5.41, 5.74) is 0.676. The van der Waals surface area contributed by atoms with Crippen molar-refractivity contribution in [2.75, 3.05) is 32.8 Å². The molecule has 0 aliphatic carbocycles. The number of pyridine rings is 1. The van der Waals surface area contributed by atoms with Crippen molar-refractivity contribution in [3.8, 4) is 5.82 Å². The van der Waals surface area contributed by atoms with Gasteiger partial charge in [0.25, 0.3) is 5.91 Å². The van der Waals surface area contributed by atoms with Gasteiger partial charge in [0.15, 0.2) is 0 Å². The van der Waals surface area contributed by atoms with Crippen molar-refractivity contribution in [1.29, 1.82) is 0 Å². The number of carbonyl (C=O) groups is 1. The zero-order chi connectivity index (χ0) is 17.9. The molecule has 1 amide bonds. The molecule has 0 saturated carbocycles. The summed E-state index contributed by atoms with van der Waals surface area (Å²) in [5.74, 6) is 0.787. The Balaban J connectivity index is 1.45. The lowest BCUT2D eigenvalue weighted by atomic mass is 10.0. The number of amides is 1. The lowest BCUT2D eigenvalue weighted by molar-refractivity contribution is 0.000710. The van der Waals surface area contributed by atoms with Crippen molar-refractivity contribution in [3.63, 3.8) is 0 Å². The molecule has 0 radical (unpaired) electrons. The average molecular weight is 355 g/mol. The maximum atomic E-state index is 13.0. The lowest BCUT2D eigenvalue weighted by Gasteiger charge is -2.44. The number of aromatic nitrogens is 3. The minimum absolute atomic E-state index is 0.0768. The summed E-state index contributed by atoms with van der Waals surface area (Å²) in [5, 5.41) is 0. The monoisotopic (exact) mass is 355 g/mol. The fraction of sp³-hybridized carbons (Fsp3) is 0.526. The van der Waals surface area contributed by atoms with Crippen LogP contribution in [0.3, 0.4) is 0 Å². The Morgan fingerprint density at radius 1 is 1.23 bits per heavy atom. The summed E-state index contributed by atoms with van der Waals surface area (Å²) in [4.78, 5) is 25.9. The van der Waals surface area contributed by atoms with Crippen LogP contribution in [0.1, 0.15) is 30.1 Å². The highest BCUT2D eigenvalue weighted by atomic mass is 16.5. The fourth-order valence-corrected chi connectivity index (χ4v) is 3.92. The van der Waals surface area contributed by atoms with E-state index in [0.29, 0.717) is 17.4 Å². The number of piperazine rings is 1. The minimum atomic E-state index is 0.0768. The lowest BCUT2D eigenvalue weighted by Crippen LogP contribution is -2.57. The van der Waals surface area contributed by atoms with Gasteiger partial charge >= 0.3 is 0 Å². The third-order valence-electron chi connectivity index (χ3n) is 5.39. The first-order valence-electron chi connectivity index (χ1n) is 9.29. The summed E-state index contributed by atoms with van der Waals surface area (Å²) < 4.78 is 7.28. The van der Waals surface area contributed by atoms with Gasteiger partial charge in [-0.3, -0.25) is 14.3 Å². The van der Waals surface area contributed by atoms with Crippen LogP contribution in [0.4, 0.5) is 0 Å². The van der Waals surface area contributed by atoms with Crippen molar-refractivity contribution < 1.29 is 9.53 Å². The van der Waals surface area contributed by atoms with Crippen LogP contribution in [0, 0.1) is 0 Å². The van der Waals surface area contributed by atoms with E-state index in [0.717, 1.165) is 45.7 Å². The molecule has 4 rings (SSSR count). The molecular formula is C19H25N5O2. The van der Waals surface area contributed by atoms with Crippen LogP contribution >= 0.6 is 0 Å². The molecule has 7 heteroatoms. The predicted octanol–water partition coefficient (Wildman–Crippen LogP) is 1.59. The van der Waals surface area contributed by atoms with E-state index in [9.17, 15) is 4.79 Å². The summed E-state index contributed by atoms with van der Waals surface area (Å²) in [6.45, 7) is 6.47. The van der Waals surface area contributed by atoms with Crippen molar-refractivity contribution >= 4 is 5.91 Å². The first-order chi connectivity index (χ1) is 12.7. The Labute approximate surface area is 153 Å². The van der Waals surface area contributed by atoms with Gasteiger partial charge in [-0.25, -0.2) is 9.97 Å². The molecule has 2 aliphatic heterocycles. The number of ether oxygens (including phenoxy) is 1. The zero-order valence-electron chi connectivity index (χ0n) is 15.1. The Hall–Kier alpha value is -2.25. The van der Waals surface area contributed by atoms with Crippen LogP contribution < -0.4 is 0 Å². The predicted molar refractivity (Wildman–Crippen MR) is 97.3 cm³/mol. The molecule has 2 aromatic rings. The molecule has 2 aromatic heterocycles. The number of rotatable bonds is 3. The molecule has 7 nitrogen and oxygen atoms in total. The summed E-state index contributed by atoms with van der Waals surface area (Å²) >= 11 is 0. The quantitative estimate of drug-likeness (QED) is 0.837. The van der Waals surface area contributed by atoms with Crippen LogP contribution in [-0.2, 0) is 4.74 Å². The molecule has 2 saturated heterocycles. The molecular weight excluding hydrogens is 330 g/mol. The molecule has 2 aliphatic rings. The second-order valence-corrected chi connectivity index (χ2v) is 7.06. The third kappa shape index (κ3) is 3.50. The normalized spacial score (nSPS) is 22.5. The van der Waals surface area contributed by atoms with Gasteiger partial charge in [-0.1, -0.05) is 0 Å². The molecule has 1 atom stereocenters. The van der Waals surface area contributed by atoms with Crippen molar-refractivity contribution in [3.05, 3.63) is 42.6 Å². The number of nitrogens with zero attached hydrogens (tertiary/aromatic N) is 5.